The Kier molecular flexibility index (Phi) is 6.61. The van der Waals surface area contributed by atoms with Crippen molar-refractivity contribution < 1.29 is 14.3 Å². The molecule has 1 saturated heterocycles. The number of fused-ring (bicyclic) bond motifs is 1. The van der Waals surface area contributed by atoms with Gasteiger partial charge in [-0.05, 0) is 35.9 Å². The third kappa shape index (κ3) is 4.96. The van der Waals surface area contributed by atoms with Crippen molar-refractivity contribution in [2.45, 2.75) is 0 Å². The number of anilines is 3. The number of likely N-dealkylation sites (N-methyl/N-ethyl adjacent to an activating group) is 1. The zero-order chi connectivity index (χ0) is 24.2. The second-order valence-corrected chi connectivity index (χ2v) is 8.63. The quantitative estimate of drug-likeness (QED) is 0.537. The van der Waals surface area contributed by atoms with Crippen molar-refractivity contribution >= 4 is 40.1 Å². The number of carbonyl (C=O) groups is 2. The molecule has 35 heavy (non-hydrogen) atoms. The molecule has 5 rings (SSSR count). The van der Waals surface area contributed by atoms with Crippen molar-refractivity contribution in [2.24, 2.45) is 0 Å². The normalized spacial score (nSPS) is 16.9. The fourth-order valence-electron chi connectivity index (χ4n) is 4.36. The molecule has 0 aromatic heterocycles. The molecule has 3 aromatic rings. The summed E-state index contributed by atoms with van der Waals surface area (Å²) in [6.07, 6.45) is 0. The minimum absolute atomic E-state index is 0.0407. The summed E-state index contributed by atoms with van der Waals surface area (Å²) >= 11 is 0. The number of rotatable bonds is 6. The number of morpholine rings is 1. The second-order valence-electron chi connectivity index (χ2n) is 8.63. The van der Waals surface area contributed by atoms with E-state index in [-0.39, 0.29) is 11.8 Å². The van der Waals surface area contributed by atoms with Crippen LogP contribution in [0.1, 0.15) is 11.1 Å². The van der Waals surface area contributed by atoms with Crippen LogP contribution in [0, 0.1) is 0 Å². The number of benzene rings is 3. The van der Waals surface area contributed by atoms with Gasteiger partial charge in [0.1, 0.15) is 0 Å². The van der Waals surface area contributed by atoms with E-state index in [1.165, 1.54) is 0 Å². The lowest BCUT2D eigenvalue weighted by Gasteiger charge is -2.28. The van der Waals surface area contributed by atoms with E-state index in [0.29, 0.717) is 25.3 Å². The Balaban J connectivity index is 1.39. The lowest BCUT2D eigenvalue weighted by molar-refractivity contribution is -0.120. The summed E-state index contributed by atoms with van der Waals surface area (Å²) in [5, 5.41) is 6.42. The first-order chi connectivity index (χ1) is 17.1. The average molecular weight is 469 g/mol. The predicted molar refractivity (Wildman–Crippen MR) is 139 cm³/mol. The highest BCUT2D eigenvalue weighted by Gasteiger charge is 2.28. The van der Waals surface area contributed by atoms with E-state index in [0.717, 1.165) is 47.0 Å². The first-order valence-corrected chi connectivity index (χ1v) is 11.7. The van der Waals surface area contributed by atoms with Crippen molar-refractivity contribution in [3.63, 3.8) is 0 Å². The molecule has 2 heterocycles. The fraction of sp³-hybridized carbons (Fsp3) is 0.214. The predicted octanol–water partition coefficient (Wildman–Crippen LogP) is 3.91. The number of hydrogen-bond donors (Lipinski definition) is 2. The van der Waals surface area contributed by atoms with Crippen molar-refractivity contribution in [1.29, 1.82) is 0 Å². The van der Waals surface area contributed by atoms with Crippen LogP contribution in [-0.2, 0) is 14.3 Å². The van der Waals surface area contributed by atoms with Gasteiger partial charge in [0.2, 0.25) is 5.91 Å². The zero-order valence-electron chi connectivity index (χ0n) is 19.7. The van der Waals surface area contributed by atoms with Gasteiger partial charge in [-0.25, -0.2) is 0 Å². The van der Waals surface area contributed by atoms with E-state index >= 15 is 0 Å². The van der Waals surface area contributed by atoms with Crippen LogP contribution in [0.15, 0.2) is 78.9 Å². The van der Waals surface area contributed by atoms with Crippen molar-refractivity contribution in [3.05, 3.63) is 90.0 Å². The minimum atomic E-state index is -0.136. The number of nitrogens with one attached hydrogen (secondary N) is 2. The number of carbonyl (C=O) groups excluding carboxylic acids is 2. The van der Waals surface area contributed by atoms with Gasteiger partial charge >= 0.3 is 0 Å². The highest BCUT2D eigenvalue weighted by atomic mass is 16.5. The van der Waals surface area contributed by atoms with Gasteiger partial charge in [-0.3, -0.25) is 14.5 Å². The standard InChI is InChI=1S/C28H28N4O3/c1-31(25(33)19-32-15-17-35-18-16-32)22-13-11-21(12-14-22)29-27(20-7-3-2-4-8-20)26-23-9-5-6-10-24(23)30-28(26)34/h2-14,29H,15-19H2,1H3,(H,30,34)/b27-26-. The van der Waals surface area contributed by atoms with Gasteiger partial charge in [0, 0.05) is 42.8 Å². The van der Waals surface area contributed by atoms with Gasteiger partial charge in [0.25, 0.3) is 5.91 Å². The summed E-state index contributed by atoms with van der Waals surface area (Å²) in [6, 6.07) is 25.2. The molecule has 0 saturated carbocycles. The molecule has 7 heteroatoms. The maximum Gasteiger partial charge on any atom is 0.258 e. The Morgan fingerprint density at radius 2 is 1.66 bits per heavy atom. The molecular weight excluding hydrogens is 440 g/mol. The summed E-state index contributed by atoms with van der Waals surface area (Å²) in [5.41, 5.74) is 5.56. The van der Waals surface area contributed by atoms with Crippen LogP contribution in [0.5, 0.6) is 0 Å². The molecule has 3 aromatic carbocycles. The number of nitrogens with zero attached hydrogens (tertiary/aromatic N) is 2. The topological polar surface area (TPSA) is 73.9 Å². The molecule has 2 aliphatic rings. The van der Waals surface area contributed by atoms with E-state index in [9.17, 15) is 9.59 Å². The average Bonchev–Trinajstić information content (AvgIpc) is 3.23. The first-order valence-electron chi connectivity index (χ1n) is 11.7. The Labute approximate surface area is 205 Å². The van der Waals surface area contributed by atoms with Gasteiger partial charge in [0.15, 0.2) is 0 Å². The maximum absolute atomic E-state index is 13.0. The molecule has 0 unspecified atom stereocenters. The van der Waals surface area contributed by atoms with Gasteiger partial charge < -0.3 is 20.3 Å². The molecule has 1 fully saturated rings. The summed E-state index contributed by atoms with van der Waals surface area (Å²) in [4.78, 5) is 29.5. The van der Waals surface area contributed by atoms with Crippen LogP contribution >= 0.6 is 0 Å². The smallest absolute Gasteiger partial charge is 0.258 e. The highest BCUT2D eigenvalue weighted by molar-refractivity contribution is 6.37. The van der Waals surface area contributed by atoms with E-state index in [1.807, 2.05) is 78.9 Å². The third-order valence-electron chi connectivity index (χ3n) is 6.34. The van der Waals surface area contributed by atoms with Gasteiger partial charge in [-0.2, -0.15) is 0 Å². The summed E-state index contributed by atoms with van der Waals surface area (Å²) in [7, 11) is 1.79. The van der Waals surface area contributed by atoms with E-state index < -0.39 is 0 Å². The molecule has 2 N–H and O–H groups in total. The molecule has 2 amide bonds. The van der Waals surface area contributed by atoms with Gasteiger partial charge in [-0.15, -0.1) is 0 Å². The molecular formula is C28H28N4O3. The van der Waals surface area contributed by atoms with Crippen LogP contribution in [0.25, 0.3) is 11.3 Å². The van der Waals surface area contributed by atoms with Crippen LogP contribution < -0.4 is 15.5 Å². The summed E-state index contributed by atoms with van der Waals surface area (Å²) < 4.78 is 5.36. The zero-order valence-corrected chi connectivity index (χ0v) is 19.7. The Morgan fingerprint density at radius 1 is 0.971 bits per heavy atom. The Hall–Kier alpha value is -3.94. The molecule has 0 bridgehead atoms. The van der Waals surface area contributed by atoms with E-state index in [2.05, 4.69) is 15.5 Å². The SMILES string of the molecule is CN(C(=O)CN1CCOCC1)c1ccc(N/C(=C2\C(=O)Nc3ccccc32)c2ccccc2)cc1. The summed E-state index contributed by atoms with van der Waals surface area (Å²) in [5.74, 6) is -0.0958. The van der Waals surface area contributed by atoms with Crippen LogP contribution in [0.2, 0.25) is 0 Å². The van der Waals surface area contributed by atoms with Crippen LogP contribution in [0.4, 0.5) is 17.1 Å². The summed E-state index contributed by atoms with van der Waals surface area (Å²) in [6.45, 7) is 3.25. The van der Waals surface area contributed by atoms with Crippen LogP contribution in [0.3, 0.4) is 0 Å². The largest absolute Gasteiger partial charge is 0.379 e. The minimum Gasteiger partial charge on any atom is -0.379 e. The Morgan fingerprint density at radius 3 is 2.40 bits per heavy atom. The molecule has 7 nitrogen and oxygen atoms in total. The monoisotopic (exact) mass is 468 g/mol. The number of hydrogen-bond acceptors (Lipinski definition) is 5. The molecule has 2 aliphatic heterocycles. The maximum atomic E-state index is 13.0. The third-order valence-corrected chi connectivity index (χ3v) is 6.34. The van der Waals surface area contributed by atoms with Crippen molar-refractivity contribution in [3.8, 4) is 0 Å². The number of ether oxygens (including phenoxy) is 1. The van der Waals surface area contributed by atoms with E-state index in [1.54, 1.807) is 11.9 Å². The van der Waals surface area contributed by atoms with E-state index in [4.69, 9.17) is 4.74 Å². The highest BCUT2D eigenvalue weighted by Crippen LogP contribution is 2.37. The fourth-order valence-corrected chi connectivity index (χ4v) is 4.36. The Bertz CT molecular complexity index is 1250. The van der Waals surface area contributed by atoms with Crippen molar-refractivity contribution in [2.75, 3.05) is 55.4 Å². The van der Waals surface area contributed by atoms with Crippen LogP contribution in [-0.4, -0.2) is 56.6 Å². The number of amides is 2. The molecule has 0 radical (unpaired) electrons. The molecule has 178 valence electrons. The van der Waals surface area contributed by atoms with Crippen molar-refractivity contribution in [1.82, 2.24) is 4.90 Å². The lowest BCUT2D eigenvalue weighted by Crippen LogP contribution is -2.43. The second kappa shape index (κ2) is 10.1. The first kappa shape index (κ1) is 22.8. The molecule has 0 atom stereocenters. The van der Waals surface area contributed by atoms with Gasteiger partial charge in [0.05, 0.1) is 31.0 Å². The lowest BCUT2D eigenvalue weighted by atomic mass is 10.00. The number of para-hydroxylation sites is 1. The molecule has 0 spiro atoms. The molecule has 0 aliphatic carbocycles. The van der Waals surface area contributed by atoms with Gasteiger partial charge in [-0.1, -0.05) is 48.5 Å².